The Balaban J connectivity index is 1.69. The number of hydrogen-bond donors (Lipinski definition) is 1. The van der Waals surface area contributed by atoms with E-state index in [1.165, 1.54) is 32.1 Å². The fourth-order valence-electron chi connectivity index (χ4n) is 7.06. The Morgan fingerprint density at radius 3 is 2.71 bits per heavy atom. The molecule has 4 saturated carbocycles. The molecule has 0 bridgehead atoms. The lowest BCUT2D eigenvalue weighted by Crippen LogP contribution is -2.56. The predicted octanol–water partition coefficient (Wildman–Crippen LogP) is 3.96. The maximum Gasteiger partial charge on any atom is 0.137 e. The van der Waals surface area contributed by atoms with Gasteiger partial charge in [0.1, 0.15) is 5.78 Å². The third kappa shape index (κ3) is 1.90. The zero-order valence-electron chi connectivity index (χ0n) is 13.6. The van der Waals surface area contributed by atoms with Crippen LogP contribution in [0.15, 0.2) is 0 Å². The first-order valence-electron chi connectivity index (χ1n) is 9.15. The number of aliphatic hydroxyl groups is 1. The molecule has 0 saturated heterocycles. The van der Waals surface area contributed by atoms with Crippen LogP contribution in [0.25, 0.3) is 0 Å². The van der Waals surface area contributed by atoms with Crippen LogP contribution in [0.2, 0.25) is 0 Å². The molecule has 0 spiro atoms. The van der Waals surface area contributed by atoms with Crippen molar-refractivity contribution in [3.05, 3.63) is 0 Å². The van der Waals surface area contributed by atoms with Gasteiger partial charge in [0.15, 0.2) is 0 Å². The van der Waals surface area contributed by atoms with E-state index >= 15 is 0 Å². The maximum absolute atomic E-state index is 13.1. The third-order valence-corrected chi connectivity index (χ3v) is 8.09. The fourth-order valence-corrected chi connectivity index (χ4v) is 7.06. The normalized spacial score (nSPS) is 56.5. The van der Waals surface area contributed by atoms with Gasteiger partial charge in [-0.2, -0.15) is 0 Å². The van der Waals surface area contributed by atoms with Crippen molar-refractivity contribution in [2.45, 2.75) is 77.7 Å². The molecule has 0 amide bonds. The van der Waals surface area contributed by atoms with Crippen LogP contribution in [0, 0.1) is 34.5 Å². The first-order valence-corrected chi connectivity index (χ1v) is 9.15. The van der Waals surface area contributed by atoms with Crippen LogP contribution in [0.4, 0.5) is 0 Å². The van der Waals surface area contributed by atoms with Crippen molar-refractivity contribution < 1.29 is 9.90 Å². The zero-order chi connectivity index (χ0) is 14.8. The Kier molecular flexibility index (Phi) is 3.10. The molecule has 118 valence electrons. The average Bonchev–Trinajstić information content (AvgIpc) is 2.80. The topological polar surface area (TPSA) is 37.3 Å². The van der Waals surface area contributed by atoms with E-state index in [1.807, 2.05) is 0 Å². The minimum absolute atomic E-state index is 0.116. The first kappa shape index (κ1) is 14.2. The molecule has 0 aromatic heterocycles. The van der Waals surface area contributed by atoms with Crippen LogP contribution in [0.1, 0.15) is 71.6 Å². The molecule has 0 heterocycles. The molecule has 0 aliphatic heterocycles. The number of rotatable bonds is 0. The van der Waals surface area contributed by atoms with E-state index in [2.05, 4.69) is 13.8 Å². The van der Waals surface area contributed by atoms with Crippen LogP contribution in [0.3, 0.4) is 0 Å². The maximum atomic E-state index is 13.1. The summed E-state index contributed by atoms with van der Waals surface area (Å²) in [4.78, 5) is 13.1. The van der Waals surface area contributed by atoms with Crippen LogP contribution in [-0.2, 0) is 4.79 Å². The number of hydrogen-bond acceptors (Lipinski definition) is 2. The van der Waals surface area contributed by atoms with Gasteiger partial charge in [-0.3, -0.25) is 4.79 Å². The van der Waals surface area contributed by atoms with E-state index in [0.29, 0.717) is 29.0 Å². The van der Waals surface area contributed by atoms with Gasteiger partial charge < -0.3 is 5.11 Å². The molecule has 21 heavy (non-hydrogen) atoms. The van der Waals surface area contributed by atoms with Gasteiger partial charge in [0.25, 0.3) is 0 Å². The molecule has 7 atom stereocenters. The Morgan fingerprint density at radius 1 is 1.10 bits per heavy atom. The van der Waals surface area contributed by atoms with Crippen molar-refractivity contribution >= 4 is 5.78 Å². The summed E-state index contributed by atoms with van der Waals surface area (Å²) in [6.07, 6.45) is 10.1. The first-order chi connectivity index (χ1) is 9.94. The quantitative estimate of drug-likeness (QED) is 0.733. The van der Waals surface area contributed by atoms with Gasteiger partial charge >= 0.3 is 0 Å². The standard InChI is InChI=1S/C19H30O2/c1-18-8-3-4-15(18)14-6-5-12-10-13(20)7-9-19(12,2)17(14)16(21)11-18/h12-15,17,20H,3-11H2,1-2H3/t12?,13?,14-,15-,17-,18-,19-/m0/s1. The molecule has 1 N–H and O–H groups in total. The highest BCUT2D eigenvalue weighted by atomic mass is 16.3. The van der Waals surface area contributed by atoms with E-state index in [1.54, 1.807) is 0 Å². The van der Waals surface area contributed by atoms with Gasteiger partial charge in [0.05, 0.1) is 6.10 Å². The van der Waals surface area contributed by atoms with Crippen molar-refractivity contribution in [1.29, 1.82) is 0 Å². The summed E-state index contributed by atoms with van der Waals surface area (Å²) < 4.78 is 0. The summed E-state index contributed by atoms with van der Waals surface area (Å²) >= 11 is 0. The summed E-state index contributed by atoms with van der Waals surface area (Å²) in [5, 5.41) is 10.0. The second kappa shape index (κ2) is 4.57. The van der Waals surface area contributed by atoms with E-state index in [4.69, 9.17) is 0 Å². The fraction of sp³-hybridized carbons (Fsp3) is 0.947. The zero-order valence-corrected chi connectivity index (χ0v) is 13.6. The van der Waals surface area contributed by atoms with Crippen LogP contribution in [-0.4, -0.2) is 17.0 Å². The highest BCUT2D eigenvalue weighted by Crippen LogP contribution is 2.65. The summed E-state index contributed by atoms with van der Waals surface area (Å²) in [5.74, 6) is 2.90. The smallest absolute Gasteiger partial charge is 0.137 e. The van der Waals surface area contributed by atoms with Crippen LogP contribution in [0.5, 0.6) is 0 Å². The molecule has 0 radical (unpaired) electrons. The molecule has 2 unspecified atom stereocenters. The van der Waals surface area contributed by atoms with Crippen molar-refractivity contribution in [3.8, 4) is 0 Å². The molecule has 4 rings (SSSR count). The number of carbonyl (C=O) groups excluding carboxylic acids is 1. The van der Waals surface area contributed by atoms with Crippen LogP contribution >= 0.6 is 0 Å². The SMILES string of the molecule is C[C@@]12CCC[C@H]1[C@@H]1CCC3CC(O)CC[C@]3(C)[C@@H]1C(=O)C2. The summed E-state index contributed by atoms with van der Waals surface area (Å²) in [6.45, 7) is 4.77. The molecule has 2 nitrogen and oxygen atoms in total. The largest absolute Gasteiger partial charge is 0.393 e. The van der Waals surface area contributed by atoms with E-state index in [-0.39, 0.29) is 11.5 Å². The van der Waals surface area contributed by atoms with Crippen molar-refractivity contribution in [2.24, 2.45) is 34.5 Å². The van der Waals surface area contributed by atoms with Gasteiger partial charge in [0, 0.05) is 12.3 Å². The van der Waals surface area contributed by atoms with Gasteiger partial charge in [-0.25, -0.2) is 0 Å². The number of ketones is 1. The van der Waals surface area contributed by atoms with Crippen molar-refractivity contribution in [3.63, 3.8) is 0 Å². The molecule has 4 fully saturated rings. The number of aliphatic hydroxyl groups excluding tert-OH is 1. The Bertz CT molecular complexity index is 458. The summed E-state index contributed by atoms with van der Waals surface area (Å²) in [7, 11) is 0. The highest BCUT2D eigenvalue weighted by Gasteiger charge is 2.60. The third-order valence-electron chi connectivity index (χ3n) is 8.09. The molecular formula is C19H30O2. The molecule has 4 aliphatic carbocycles. The van der Waals surface area contributed by atoms with E-state index < -0.39 is 0 Å². The summed E-state index contributed by atoms with van der Waals surface area (Å²) in [5.41, 5.74) is 0.499. The molecule has 0 aromatic rings. The van der Waals surface area contributed by atoms with E-state index in [0.717, 1.165) is 31.6 Å². The van der Waals surface area contributed by atoms with Crippen molar-refractivity contribution in [2.75, 3.05) is 0 Å². The molecule has 4 aliphatic rings. The molecular weight excluding hydrogens is 260 g/mol. The lowest BCUT2D eigenvalue weighted by Gasteiger charge is -2.59. The predicted molar refractivity (Wildman–Crippen MR) is 82.7 cm³/mol. The number of carbonyl (C=O) groups is 1. The Hall–Kier alpha value is -0.370. The lowest BCUT2D eigenvalue weighted by atomic mass is 9.45. The van der Waals surface area contributed by atoms with Gasteiger partial charge in [-0.15, -0.1) is 0 Å². The highest BCUT2D eigenvalue weighted by molar-refractivity contribution is 5.84. The van der Waals surface area contributed by atoms with Gasteiger partial charge in [-0.1, -0.05) is 20.3 Å². The minimum Gasteiger partial charge on any atom is -0.393 e. The second-order valence-electron chi connectivity index (χ2n) is 9.15. The lowest BCUT2D eigenvalue weighted by molar-refractivity contribution is -0.159. The van der Waals surface area contributed by atoms with Gasteiger partial charge in [0.2, 0.25) is 0 Å². The van der Waals surface area contributed by atoms with Crippen LogP contribution < -0.4 is 0 Å². The van der Waals surface area contributed by atoms with E-state index in [9.17, 15) is 9.90 Å². The van der Waals surface area contributed by atoms with Gasteiger partial charge in [-0.05, 0) is 73.5 Å². The average molecular weight is 290 g/mol. The molecule has 0 aromatic carbocycles. The Morgan fingerprint density at radius 2 is 1.90 bits per heavy atom. The second-order valence-corrected chi connectivity index (χ2v) is 9.15. The number of fused-ring (bicyclic) bond motifs is 5. The Labute approximate surface area is 128 Å². The summed E-state index contributed by atoms with van der Waals surface area (Å²) in [6, 6.07) is 0. The molecule has 2 heteroatoms. The van der Waals surface area contributed by atoms with Crippen molar-refractivity contribution in [1.82, 2.24) is 0 Å². The number of Topliss-reactive ketones (excluding diaryl/α,β-unsaturated/α-hetero) is 1. The minimum atomic E-state index is -0.116. The monoisotopic (exact) mass is 290 g/mol.